The molecular weight excluding hydrogens is 132 g/mol. The van der Waals surface area contributed by atoms with Crippen molar-refractivity contribution in [2.45, 2.75) is 40.0 Å². The van der Waals surface area contributed by atoms with Crippen LogP contribution in [0.2, 0.25) is 0 Å². The van der Waals surface area contributed by atoms with E-state index in [4.69, 9.17) is 0 Å². The van der Waals surface area contributed by atoms with Gasteiger partial charge in [-0.05, 0) is 25.7 Å². The van der Waals surface area contributed by atoms with Gasteiger partial charge in [0.15, 0.2) is 0 Å². The molecular formula is C11H20. The van der Waals surface area contributed by atoms with Crippen LogP contribution in [0.5, 0.6) is 0 Å². The second kappa shape index (κ2) is 5.17. The molecule has 0 aromatic rings. The third kappa shape index (κ3) is 4.83. The molecule has 0 nitrogen and oxygen atoms in total. The lowest BCUT2D eigenvalue weighted by molar-refractivity contribution is 0.517. The third-order valence-electron chi connectivity index (χ3n) is 2.24. The van der Waals surface area contributed by atoms with Crippen LogP contribution in [0.3, 0.4) is 0 Å². The minimum absolute atomic E-state index is 0.825. The van der Waals surface area contributed by atoms with E-state index in [1.807, 2.05) is 6.92 Å². The Morgan fingerprint density at radius 3 is 2.27 bits per heavy atom. The fourth-order valence-corrected chi connectivity index (χ4v) is 0.838. The summed E-state index contributed by atoms with van der Waals surface area (Å²) < 4.78 is 0. The van der Waals surface area contributed by atoms with E-state index in [9.17, 15) is 0 Å². The van der Waals surface area contributed by atoms with Crippen molar-refractivity contribution in [2.75, 3.05) is 0 Å². The molecule has 0 aliphatic heterocycles. The molecule has 0 saturated carbocycles. The van der Waals surface area contributed by atoms with Gasteiger partial charge in [0.1, 0.15) is 0 Å². The van der Waals surface area contributed by atoms with E-state index in [2.05, 4.69) is 27.0 Å². The molecule has 0 fully saturated rings. The van der Waals surface area contributed by atoms with Crippen molar-refractivity contribution < 1.29 is 0 Å². The summed E-state index contributed by atoms with van der Waals surface area (Å²) in [5.41, 5.74) is 2.35. The van der Waals surface area contributed by atoms with Crippen molar-refractivity contribution in [1.29, 1.82) is 0 Å². The first-order valence-corrected chi connectivity index (χ1v) is 4.41. The van der Waals surface area contributed by atoms with Crippen molar-refractivity contribution in [3.05, 3.63) is 24.3 Å². The monoisotopic (exact) mass is 152 g/mol. The van der Waals surface area contributed by atoms with Gasteiger partial charge in [0.2, 0.25) is 0 Å². The first kappa shape index (κ1) is 10.5. The van der Waals surface area contributed by atoms with Crippen LogP contribution in [-0.2, 0) is 0 Å². The standard InChI is InChI=1S/C11H20/c1-6-10(4)7-8-11(5)9(2)3/h10H,2,5-8H2,1,3-4H3. The first-order valence-electron chi connectivity index (χ1n) is 4.41. The Labute approximate surface area is 71.0 Å². The lowest BCUT2D eigenvalue weighted by Gasteiger charge is -2.09. The molecule has 0 aliphatic rings. The van der Waals surface area contributed by atoms with Crippen LogP contribution in [0.1, 0.15) is 40.0 Å². The predicted molar refractivity (Wildman–Crippen MR) is 52.6 cm³/mol. The van der Waals surface area contributed by atoms with E-state index in [-0.39, 0.29) is 0 Å². The molecule has 1 unspecified atom stereocenters. The van der Waals surface area contributed by atoms with Crippen molar-refractivity contribution in [2.24, 2.45) is 5.92 Å². The predicted octanol–water partition coefficient (Wildman–Crippen LogP) is 3.95. The Morgan fingerprint density at radius 2 is 1.91 bits per heavy atom. The van der Waals surface area contributed by atoms with Gasteiger partial charge in [-0.15, -0.1) is 0 Å². The van der Waals surface area contributed by atoms with Gasteiger partial charge in [-0.1, -0.05) is 44.6 Å². The molecule has 0 heterocycles. The highest BCUT2D eigenvalue weighted by atomic mass is 14.1. The molecule has 0 aromatic carbocycles. The molecule has 64 valence electrons. The lowest BCUT2D eigenvalue weighted by atomic mass is 9.97. The van der Waals surface area contributed by atoms with Gasteiger partial charge in [-0.25, -0.2) is 0 Å². The number of hydrogen-bond acceptors (Lipinski definition) is 0. The summed E-state index contributed by atoms with van der Waals surface area (Å²) in [7, 11) is 0. The Bertz CT molecular complexity index is 142. The van der Waals surface area contributed by atoms with Crippen LogP contribution in [-0.4, -0.2) is 0 Å². The SMILES string of the molecule is C=C(C)C(=C)CCC(C)CC. The topological polar surface area (TPSA) is 0 Å². The van der Waals surface area contributed by atoms with Crippen LogP contribution in [0.15, 0.2) is 24.3 Å². The fraction of sp³-hybridized carbons (Fsp3) is 0.636. The van der Waals surface area contributed by atoms with Crippen molar-refractivity contribution in [3.63, 3.8) is 0 Å². The Balaban J connectivity index is 3.54. The molecule has 0 spiro atoms. The van der Waals surface area contributed by atoms with Crippen LogP contribution in [0, 0.1) is 5.92 Å². The minimum Gasteiger partial charge on any atom is -0.0959 e. The zero-order chi connectivity index (χ0) is 8.85. The van der Waals surface area contributed by atoms with E-state index >= 15 is 0 Å². The quantitative estimate of drug-likeness (QED) is 0.523. The summed E-state index contributed by atoms with van der Waals surface area (Å²) >= 11 is 0. The van der Waals surface area contributed by atoms with Crippen LogP contribution < -0.4 is 0 Å². The molecule has 0 N–H and O–H groups in total. The molecule has 0 rings (SSSR count). The lowest BCUT2D eigenvalue weighted by Crippen LogP contribution is -1.93. The molecule has 0 aromatic heterocycles. The van der Waals surface area contributed by atoms with Gasteiger partial charge >= 0.3 is 0 Å². The average Bonchev–Trinajstić information content (AvgIpc) is 1.99. The van der Waals surface area contributed by atoms with Gasteiger partial charge in [0, 0.05) is 0 Å². The van der Waals surface area contributed by atoms with E-state index < -0.39 is 0 Å². The molecule has 0 radical (unpaired) electrons. The molecule has 0 heteroatoms. The van der Waals surface area contributed by atoms with Crippen LogP contribution in [0.4, 0.5) is 0 Å². The maximum absolute atomic E-state index is 3.96. The summed E-state index contributed by atoms with van der Waals surface area (Å²) in [6.07, 6.45) is 3.63. The molecule has 0 aliphatic carbocycles. The second-order valence-corrected chi connectivity index (χ2v) is 3.44. The summed E-state index contributed by atoms with van der Waals surface area (Å²) in [6.45, 7) is 14.4. The molecule has 0 bridgehead atoms. The maximum Gasteiger partial charge on any atom is -0.0280 e. The normalized spacial score (nSPS) is 12.6. The van der Waals surface area contributed by atoms with Gasteiger partial charge in [0.05, 0.1) is 0 Å². The zero-order valence-electron chi connectivity index (χ0n) is 8.11. The number of rotatable bonds is 5. The molecule has 0 amide bonds. The highest BCUT2D eigenvalue weighted by Crippen LogP contribution is 2.17. The zero-order valence-corrected chi connectivity index (χ0v) is 8.11. The fourth-order valence-electron chi connectivity index (χ4n) is 0.838. The minimum atomic E-state index is 0.825. The average molecular weight is 152 g/mol. The van der Waals surface area contributed by atoms with Crippen LogP contribution >= 0.6 is 0 Å². The Kier molecular flexibility index (Phi) is 4.93. The maximum atomic E-state index is 3.96. The summed E-state index contributed by atoms with van der Waals surface area (Å²) in [5.74, 6) is 0.825. The summed E-state index contributed by atoms with van der Waals surface area (Å²) in [6, 6.07) is 0. The highest BCUT2D eigenvalue weighted by molar-refractivity contribution is 5.22. The Hall–Kier alpha value is -0.520. The van der Waals surface area contributed by atoms with Gasteiger partial charge in [-0.3, -0.25) is 0 Å². The second-order valence-electron chi connectivity index (χ2n) is 3.44. The summed E-state index contributed by atoms with van der Waals surface area (Å²) in [5, 5.41) is 0. The van der Waals surface area contributed by atoms with Gasteiger partial charge < -0.3 is 0 Å². The summed E-state index contributed by atoms with van der Waals surface area (Å²) in [4.78, 5) is 0. The smallest absolute Gasteiger partial charge is 0.0280 e. The number of allylic oxidation sites excluding steroid dienone is 2. The first-order chi connectivity index (χ1) is 5.07. The third-order valence-corrected chi connectivity index (χ3v) is 2.24. The molecule has 11 heavy (non-hydrogen) atoms. The van der Waals surface area contributed by atoms with Crippen molar-refractivity contribution in [3.8, 4) is 0 Å². The largest absolute Gasteiger partial charge is 0.0959 e. The van der Waals surface area contributed by atoms with E-state index in [1.165, 1.54) is 18.4 Å². The van der Waals surface area contributed by atoms with Crippen LogP contribution in [0.25, 0.3) is 0 Å². The van der Waals surface area contributed by atoms with E-state index in [1.54, 1.807) is 0 Å². The van der Waals surface area contributed by atoms with E-state index in [0.717, 1.165) is 17.9 Å². The highest BCUT2D eigenvalue weighted by Gasteiger charge is 2.00. The molecule has 1 atom stereocenters. The van der Waals surface area contributed by atoms with Crippen molar-refractivity contribution >= 4 is 0 Å². The van der Waals surface area contributed by atoms with Gasteiger partial charge in [-0.2, -0.15) is 0 Å². The van der Waals surface area contributed by atoms with E-state index in [0.29, 0.717) is 0 Å². The van der Waals surface area contributed by atoms with Gasteiger partial charge in [0.25, 0.3) is 0 Å². The number of hydrogen-bond donors (Lipinski definition) is 0. The molecule has 0 saturated heterocycles. The van der Waals surface area contributed by atoms with Crippen molar-refractivity contribution in [1.82, 2.24) is 0 Å². The Morgan fingerprint density at radius 1 is 1.36 bits per heavy atom.